The number of hydrogen-bond acceptors (Lipinski definition) is 7. The second-order valence-corrected chi connectivity index (χ2v) is 15.0. The summed E-state index contributed by atoms with van der Waals surface area (Å²) in [5.74, 6) is -3.34. The number of nitrogens with zero attached hydrogens (tertiary/aromatic N) is 1. The number of fused-ring (bicyclic) bond motifs is 9. The second kappa shape index (κ2) is 11.4. The molecule has 0 radical (unpaired) electrons. The van der Waals surface area contributed by atoms with Crippen LogP contribution in [0.25, 0.3) is 0 Å². The number of anilines is 2. The number of H-pyrrole nitrogens is 1. The molecule has 246 valence electrons. The molecule has 7 atom stereocenters. The van der Waals surface area contributed by atoms with Crippen molar-refractivity contribution in [2.24, 2.45) is 29.6 Å². The zero-order chi connectivity index (χ0) is 33.5. The molecule has 4 aromatic rings. The molecule has 48 heavy (non-hydrogen) atoms. The minimum absolute atomic E-state index is 0.116. The molecule has 8 rings (SSSR count). The third kappa shape index (κ3) is 4.97. The van der Waals surface area contributed by atoms with Gasteiger partial charge in [0, 0.05) is 21.7 Å². The van der Waals surface area contributed by atoms with E-state index in [9.17, 15) is 32.3 Å². The van der Waals surface area contributed by atoms with E-state index in [-0.39, 0.29) is 46.3 Å². The average Bonchev–Trinajstić information content (AvgIpc) is 3.80. The van der Waals surface area contributed by atoms with Gasteiger partial charge in [0.2, 0.25) is 11.8 Å². The summed E-state index contributed by atoms with van der Waals surface area (Å²) in [6, 6.07) is 19.4. The number of rotatable bonds is 6. The van der Waals surface area contributed by atoms with Gasteiger partial charge in [-0.15, -0.1) is 11.8 Å². The number of amides is 3. The van der Waals surface area contributed by atoms with Crippen LogP contribution in [0.2, 0.25) is 0 Å². The van der Waals surface area contributed by atoms with Crippen LogP contribution < -0.4 is 19.8 Å². The highest BCUT2D eigenvalue weighted by Crippen LogP contribution is 2.68. The third-order valence-corrected chi connectivity index (χ3v) is 12.7. The van der Waals surface area contributed by atoms with Gasteiger partial charge >= 0.3 is 11.0 Å². The lowest BCUT2D eigenvalue weighted by atomic mass is 9.68. The van der Waals surface area contributed by atoms with Gasteiger partial charge < -0.3 is 15.0 Å². The molecule has 3 fully saturated rings. The number of nitrogens with one attached hydrogen (secondary N) is 2. The van der Waals surface area contributed by atoms with Gasteiger partial charge in [-0.05, 0) is 73.1 Å². The summed E-state index contributed by atoms with van der Waals surface area (Å²) in [6.45, 7) is 1.76. The number of para-hydroxylation sites is 1. The number of aromatic amines is 1. The Morgan fingerprint density at radius 2 is 1.65 bits per heavy atom. The van der Waals surface area contributed by atoms with Crippen molar-refractivity contribution in [1.82, 2.24) is 4.98 Å². The molecule has 0 spiro atoms. The molecule has 2 aliphatic heterocycles. The number of carbonyl (C=O) groups excluding carboxylic acids is 3. The summed E-state index contributed by atoms with van der Waals surface area (Å²) in [5.41, 5.74) is 1.19. The number of halogens is 3. The Labute approximate surface area is 280 Å². The Hall–Kier alpha value is -4.36. The van der Waals surface area contributed by atoms with Gasteiger partial charge in [0.15, 0.2) is 6.61 Å². The van der Waals surface area contributed by atoms with E-state index >= 15 is 0 Å². The predicted molar refractivity (Wildman–Crippen MR) is 174 cm³/mol. The summed E-state index contributed by atoms with van der Waals surface area (Å²) in [7, 11) is 0. The highest BCUT2D eigenvalue weighted by atomic mass is 32.2. The molecule has 0 unspecified atom stereocenters. The Bertz CT molecular complexity index is 2010. The van der Waals surface area contributed by atoms with E-state index in [0.717, 1.165) is 43.3 Å². The fraction of sp³-hybridized carbons (Fsp3) is 0.314. The number of hydrogen-bond donors (Lipinski definition) is 2. The summed E-state index contributed by atoms with van der Waals surface area (Å²) in [5, 5.41) is 3.41. The normalized spacial score (nSPS) is 27.1. The van der Waals surface area contributed by atoms with Crippen molar-refractivity contribution in [3.63, 3.8) is 0 Å². The number of thiazole rings is 1. The largest absolute Gasteiger partial charge is 0.484 e. The fourth-order valence-electron chi connectivity index (χ4n) is 8.29. The quantitative estimate of drug-likeness (QED) is 0.225. The fourth-order valence-corrected chi connectivity index (χ4v) is 11.2. The van der Waals surface area contributed by atoms with Crippen LogP contribution in [0.3, 0.4) is 0 Å². The molecule has 4 aliphatic rings. The van der Waals surface area contributed by atoms with E-state index in [1.807, 2.05) is 43.3 Å². The number of aromatic nitrogens is 1. The van der Waals surface area contributed by atoms with Crippen molar-refractivity contribution in [2.75, 3.05) is 16.8 Å². The van der Waals surface area contributed by atoms with Crippen LogP contribution in [0.15, 0.2) is 82.6 Å². The monoisotopic (exact) mass is 691 g/mol. The number of thioether (sulfide) groups is 1. The SMILES string of the molecule is Cc1ccc(NC(=O)COc2ccc([C@@H]3c4sc(=O)[nH]c4S[C@@H]4[C@@H]5C[C@@H]([C@@H]6C(=O)N(c7ccccc7C(F)(F)F)C(=O)[C@@H]56)[C@H]34)cc2)cc1. The molecule has 3 heterocycles. The number of ether oxygens (including phenoxy) is 1. The van der Waals surface area contributed by atoms with E-state index in [4.69, 9.17) is 4.74 Å². The number of alkyl halides is 3. The number of imide groups is 1. The van der Waals surface area contributed by atoms with Crippen LogP contribution in [-0.4, -0.2) is 34.6 Å². The van der Waals surface area contributed by atoms with Crippen LogP contribution >= 0.6 is 23.1 Å². The molecule has 3 amide bonds. The van der Waals surface area contributed by atoms with E-state index in [0.29, 0.717) is 17.9 Å². The summed E-state index contributed by atoms with van der Waals surface area (Å²) >= 11 is 2.62. The maximum absolute atomic E-state index is 14.0. The van der Waals surface area contributed by atoms with E-state index < -0.39 is 41.1 Å². The molecule has 2 N–H and O–H groups in total. The van der Waals surface area contributed by atoms with E-state index in [2.05, 4.69) is 10.3 Å². The molecule has 2 saturated carbocycles. The van der Waals surface area contributed by atoms with Gasteiger partial charge in [-0.1, -0.05) is 53.3 Å². The third-order valence-electron chi connectivity index (χ3n) is 10.1. The lowest BCUT2D eigenvalue weighted by Gasteiger charge is -2.43. The Balaban J connectivity index is 1.07. The van der Waals surface area contributed by atoms with Crippen molar-refractivity contribution in [3.8, 4) is 5.75 Å². The van der Waals surface area contributed by atoms with Crippen LogP contribution in [0.4, 0.5) is 24.5 Å². The Morgan fingerprint density at radius 1 is 0.958 bits per heavy atom. The Morgan fingerprint density at radius 3 is 2.35 bits per heavy atom. The molecular weight excluding hydrogens is 664 g/mol. The summed E-state index contributed by atoms with van der Waals surface area (Å²) in [6.07, 6.45) is -4.12. The highest BCUT2D eigenvalue weighted by molar-refractivity contribution is 8.00. The average molecular weight is 692 g/mol. The molecule has 3 aromatic carbocycles. The molecular formula is C35H28F3N3O5S2. The Kier molecular flexibility index (Phi) is 7.33. The smallest absolute Gasteiger partial charge is 0.418 e. The number of benzene rings is 3. The zero-order valence-electron chi connectivity index (χ0n) is 25.3. The van der Waals surface area contributed by atoms with Crippen molar-refractivity contribution < 1.29 is 32.3 Å². The maximum Gasteiger partial charge on any atom is 0.418 e. The van der Waals surface area contributed by atoms with Crippen LogP contribution in [0.5, 0.6) is 5.75 Å². The second-order valence-electron chi connectivity index (χ2n) is 12.8. The zero-order valence-corrected chi connectivity index (χ0v) is 27.0. The minimum Gasteiger partial charge on any atom is -0.484 e. The maximum atomic E-state index is 14.0. The van der Waals surface area contributed by atoms with Crippen molar-refractivity contribution >= 4 is 52.2 Å². The van der Waals surface area contributed by atoms with Gasteiger partial charge in [0.25, 0.3) is 5.91 Å². The molecule has 1 saturated heterocycles. The first kappa shape index (κ1) is 30.9. The lowest BCUT2D eigenvalue weighted by Crippen LogP contribution is -2.42. The van der Waals surface area contributed by atoms with E-state index in [1.54, 1.807) is 12.1 Å². The molecule has 2 aliphatic carbocycles. The van der Waals surface area contributed by atoms with Crippen molar-refractivity contribution in [1.29, 1.82) is 0 Å². The predicted octanol–water partition coefficient (Wildman–Crippen LogP) is 6.46. The van der Waals surface area contributed by atoms with Crippen molar-refractivity contribution in [2.45, 2.75) is 35.7 Å². The minimum atomic E-state index is -4.73. The first-order chi connectivity index (χ1) is 23.0. The van der Waals surface area contributed by atoms with Crippen LogP contribution in [0, 0.1) is 36.5 Å². The van der Waals surface area contributed by atoms with Gasteiger partial charge in [-0.3, -0.25) is 19.2 Å². The van der Waals surface area contributed by atoms with Gasteiger partial charge in [-0.25, -0.2) is 4.90 Å². The number of carbonyl (C=O) groups is 3. The first-order valence-corrected chi connectivity index (χ1v) is 17.2. The first-order valence-electron chi connectivity index (χ1n) is 15.5. The standard InChI is InChI=1S/C35H28F3N3O5S2/c1-16-6-10-18(11-7-16)39-24(42)15-46-19-12-8-17(9-13-19)25-26-20-14-21(29(26)47-31-30(25)48-34(45)40-31)28-27(20)32(43)41(33(28)44)23-5-3-2-4-22(23)35(36,37)38/h2-13,20-21,25-29H,14-15H2,1H3,(H,39,42)(H,40,45)/t20-,21-,25+,26-,27+,28+,29-/m1/s1. The summed E-state index contributed by atoms with van der Waals surface area (Å²) in [4.78, 5) is 57.2. The lowest BCUT2D eigenvalue weighted by molar-refractivity contribution is -0.137. The highest BCUT2D eigenvalue weighted by Gasteiger charge is 2.70. The van der Waals surface area contributed by atoms with Gasteiger partial charge in [0.1, 0.15) is 5.75 Å². The van der Waals surface area contributed by atoms with Crippen molar-refractivity contribution in [3.05, 3.63) is 104 Å². The summed E-state index contributed by atoms with van der Waals surface area (Å²) < 4.78 is 47.6. The van der Waals surface area contributed by atoms with Crippen LogP contribution in [0.1, 0.15) is 33.9 Å². The van der Waals surface area contributed by atoms with Gasteiger partial charge in [0.05, 0.1) is 28.1 Å². The molecule has 8 nitrogen and oxygen atoms in total. The topological polar surface area (TPSA) is 109 Å². The molecule has 2 bridgehead atoms. The van der Waals surface area contributed by atoms with E-state index in [1.165, 1.54) is 30.0 Å². The molecule has 13 heteroatoms. The molecule has 1 aromatic heterocycles. The number of aryl methyl sites for hydroxylation is 1. The van der Waals surface area contributed by atoms with Gasteiger partial charge in [-0.2, -0.15) is 13.2 Å². The van der Waals surface area contributed by atoms with Crippen LogP contribution in [-0.2, 0) is 20.6 Å².